The highest BCUT2D eigenvalue weighted by molar-refractivity contribution is 5.86. The first kappa shape index (κ1) is 21.7. The second-order valence-corrected chi connectivity index (χ2v) is 7.27. The topological polar surface area (TPSA) is 87.9 Å². The van der Waals surface area contributed by atoms with E-state index < -0.39 is 17.9 Å². The van der Waals surface area contributed by atoms with Crippen LogP contribution in [0.1, 0.15) is 38.7 Å². The molecule has 152 valence electrons. The molecule has 2 rings (SSSR count). The number of esters is 2. The van der Waals surface area contributed by atoms with E-state index in [0.717, 1.165) is 22.1 Å². The highest BCUT2D eigenvalue weighted by atomic mass is 16.6. The van der Waals surface area contributed by atoms with Crippen molar-refractivity contribution < 1.29 is 23.8 Å². The molecule has 2 aromatic rings. The lowest BCUT2D eigenvalue weighted by Gasteiger charge is -2.15. The van der Waals surface area contributed by atoms with Crippen LogP contribution in [0.3, 0.4) is 0 Å². The molecular formula is C22H29NO5. The third-order valence-corrected chi connectivity index (χ3v) is 4.53. The fraction of sp³-hybridized carbons (Fsp3) is 0.455. The second kappa shape index (κ2) is 10.1. The van der Waals surface area contributed by atoms with Crippen LogP contribution in [0, 0.1) is 5.92 Å². The molecule has 6 nitrogen and oxygen atoms in total. The van der Waals surface area contributed by atoms with E-state index in [0.29, 0.717) is 12.3 Å². The molecule has 0 bridgehead atoms. The summed E-state index contributed by atoms with van der Waals surface area (Å²) < 4.78 is 15.5. The number of hydrogen-bond donors (Lipinski definition) is 1. The van der Waals surface area contributed by atoms with Gasteiger partial charge in [0.1, 0.15) is 25.0 Å². The van der Waals surface area contributed by atoms with E-state index in [4.69, 9.17) is 19.9 Å². The maximum atomic E-state index is 12.3. The van der Waals surface area contributed by atoms with Crippen LogP contribution in [0.15, 0.2) is 36.4 Å². The molecule has 0 heterocycles. The Hall–Kier alpha value is -2.60. The Morgan fingerprint density at radius 1 is 0.929 bits per heavy atom. The van der Waals surface area contributed by atoms with Crippen LogP contribution in [0.25, 0.3) is 10.8 Å². The zero-order valence-electron chi connectivity index (χ0n) is 16.9. The molecule has 0 amide bonds. The van der Waals surface area contributed by atoms with Crippen LogP contribution < -0.4 is 10.5 Å². The number of hydrogen-bond acceptors (Lipinski definition) is 6. The molecule has 1 unspecified atom stereocenters. The smallest absolute Gasteiger partial charge is 0.323 e. The van der Waals surface area contributed by atoms with Gasteiger partial charge < -0.3 is 19.9 Å². The van der Waals surface area contributed by atoms with Gasteiger partial charge in [-0.3, -0.25) is 9.59 Å². The van der Waals surface area contributed by atoms with Gasteiger partial charge in [-0.25, -0.2) is 0 Å². The molecule has 0 saturated heterocycles. The number of carbonyl (C=O) groups excluding carboxylic acids is 2. The fourth-order valence-electron chi connectivity index (χ4n) is 2.90. The van der Waals surface area contributed by atoms with Gasteiger partial charge in [0, 0.05) is 0 Å². The molecule has 0 aliphatic carbocycles. The van der Waals surface area contributed by atoms with Crippen molar-refractivity contribution in [1.29, 1.82) is 0 Å². The molecule has 2 atom stereocenters. The van der Waals surface area contributed by atoms with Crippen molar-refractivity contribution in [3.8, 4) is 5.75 Å². The number of fused-ring (bicyclic) bond motifs is 1. The lowest BCUT2D eigenvalue weighted by molar-refractivity contribution is -0.154. The number of carbonyl (C=O) groups is 2. The summed E-state index contributed by atoms with van der Waals surface area (Å²) in [5.41, 5.74) is 6.62. The lowest BCUT2D eigenvalue weighted by Crippen LogP contribution is -2.34. The van der Waals surface area contributed by atoms with Crippen LogP contribution in [-0.4, -0.2) is 38.3 Å². The summed E-state index contributed by atoms with van der Waals surface area (Å²) in [7, 11) is 1.63. The maximum absolute atomic E-state index is 12.3. The van der Waals surface area contributed by atoms with Crippen molar-refractivity contribution in [3.63, 3.8) is 0 Å². The quantitative estimate of drug-likeness (QED) is 0.524. The third-order valence-electron chi connectivity index (χ3n) is 4.53. The van der Waals surface area contributed by atoms with Gasteiger partial charge in [0.05, 0.1) is 13.0 Å². The normalized spacial score (nSPS) is 13.2. The Bertz CT molecular complexity index is 818. The van der Waals surface area contributed by atoms with Crippen molar-refractivity contribution in [3.05, 3.63) is 42.0 Å². The summed E-state index contributed by atoms with van der Waals surface area (Å²) in [5.74, 6) is -0.164. The first-order valence-corrected chi connectivity index (χ1v) is 9.48. The molecule has 6 heteroatoms. The van der Waals surface area contributed by atoms with Crippen molar-refractivity contribution >= 4 is 22.7 Å². The molecule has 28 heavy (non-hydrogen) atoms. The van der Waals surface area contributed by atoms with Gasteiger partial charge in [-0.15, -0.1) is 0 Å². The molecule has 0 aliphatic rings. The lowest BCUT2D eigenvalue weighted by atomic mass is 9.98. The number of nitrogens with two attached hydrogens (primary N) is 1. The Morgan fingerprint density at radius 2 is 1.54 bits per heavy atom. The molecule has 2 aromatic carbocycles. The van der Waals surface area contributed by atoms with E-state index in [2.05, 4.69) is 0 Å². The molecule has 0 aliphatic heterocycles. The van der Waals surface area contributed by atoms with Gasteiger partial charge in [-0.1, -0.05) is 38.1 Å². The first-order valence-electron chi connectivity index (χ1n) is 9.48. The van der Waals surface area contributed by atoms with E-state index in [-0.39, 0.29) is 19.2 Å². The summed E-state index contributed by atoms with van der Waals surface area (Å²) in [4.78, 5) is 24.0. The van der Waals surface area contributed by atoms with Crippen molar-refractivity contribution in [2.75, 3.05) is 20.3 Å². The van der Waals surface area contributed by atoms with E-state index in [9.17, 15) is 9.59 Å². The van der Waals surface area contributed by atoms with E-state index in [1.807, 2.05) is 50.2 Å². The Labute approximate surface area is 165 Å². The minimum absolute atomic E-state index is 0.000599. The van der Waals surface area contributed by atoms with E-state index in [1.165, 1.54) is 0 Å². The molecule has 0 spiro atoms. The molecule has 0 radical (unpaired) electrons. The Balaban J connectivity index is 1.85. The molecule has 0 aromatic heterocycles. The highest BCUT2D eigenvalue weighted by Gasteiger charge is 2.19. The SMILES string of the molecule is COc1ccc2cc(C(C)C(=O)OCCOC(=O)[C@@H](N)CC(C)C)ccc2c1. The molecule has 0 saturated carbocycles. The van der Waals surface area contributed by atoms with E-state index in [1.54, 1.807) is 14.0 Å². The van der Waals surface area contributed by atoms with E-state index >= 15 is 0 Å². The average Bonchev–Trinajstić information content (AvgIpc) is 2.68. The Morgan fingerprint density at radius 3 is 2.18 bits per heavy atom. The minimum atomic E-state index is -0.647. The van der Waals surface area contributed by atoms with Crippen molar-refractivity contribution in [1.82, 2.24) is 0 Å². The van der Waals surface area contributed by atoms with Crippen molar-refractivity contribution in [2.45, 2.75) is 39.2 Å². The second-order valence-electron chi connectivity index (χ2n) is 7.27. The number of rotatable bonds is 9. The van der Waals surface area contributed by atoms with Crippen LogP contribution in [-0.2, 0) is 19.1 Å². The summed E-state index contributed by atoms with van der Waals surface area (Å²) >= 11 is 0. The van der Waals surface area contributed by atoms with Crippen LogP contribution >= 0.6 is 0 Å². The number of benzene rings is 2. The van der Waals surface area contributed by atoms with Crippen LogP contribution in [0.4, 0.5) is 0 Å². The van der Waals surface area contributed by atoms with Gasteiger partial charge in [0.15, 0.2) is 0 Å². The number of ether oxygens (including phenoxy) is 3. The zero-order valence-corrected chi connectivity index (χ0v) is 16.9. The Kier molecular flexibility index (Phi) is 7.81. The monoisotopic (exact) mass is 387 g/mol. The fourth-order valence-corrected chi connectivity index (χ4v) is 2.90. The summed E-state index contributed by atoms with van der Waals surface area (Å²) in [5, 5.41) is 2.05. The summed E-state index contributed by atoms with van der Waals surface area (Å²) in [6.07, 6.45) is 0.559. The zero-order chi connectivity index (χ0) is 20.7. The highest BCUT2D eigenvalue weighted by Crippen LogP contribution is 2.25. The molecule has 2 N–H and O–H groups in total. The molecule has 0 fully saturated rings. The predicted molar refractivity (Wildman–Crippen MR) is 108 cm³/mol. The maximum Gasteiger partial charge on any atom is 0.323 e. The molecular weight excluding hydrogens is 358 g/mol. The van der Waals surface area contributed by atoms with Crippen molar-refractivity contribution in [2.24, 2.45) is 11.7 Å². The van der Waals surface area contributed by atoms with Gasteiger partial charge in [0.2, 0.25) is 0 Å². The average molecular weight is 387 g/mol. The number of methoxy groups -OCH3 is 1. The standard InChI is InChI=1S/C22H29NO5/c1-14(2)11-20(23)22(25)28-10-9-27-21(24)15(3)16-5-6-18-13-19(26-4)8-7-17(18)12-16/h5-8,12-15,20H,9-11,23H2,1-4H3/t15?,20-/m0/s1. The van der Waals surface area contributed by atoms with Gasteiger partial charge >= 0.3 is 11.9 Å². The van der Waals surface area contributed by atoms with Crippen LogP contribution in [0.2, 0.25) is 0 Å². The predicted octanol–water partition coefficient (Wildman–Crippen LogP) is 3.41. The van der Waals surface area contributed by atoms with Gasteiger partial charge in [0.25, 0.3) is 0 Å². The minimum Gasteiger partial charge on any atom is -0.497 e. The first-order chi connectivity index (χ1) is 13.3. The van der Waals surface area contributed by atoms with Gasteiger partial charge in [-0.2, -0.15) is 0 Å². The summed E-state index contributed by atoms with van der Waals surface area (Å²) in [6.45, 7) is 5.77. The van der Waals surface area contributed by atoms with Gasteiger partial charge in [-0.05, 0) is 47.7 Å². The summed E-state index contributed by atoms with van der Waals surface area (Å²) in [6, 6.07) is 11.0. The van der Waals surface area contributed by atoms with Crippen LogP contribution in [0.5, 0.6) is 5.75 Å². The third kappa shape index (κ3) is 5.96. The largest absolute Gasteiger partial charge is 0.497 e.